The minimum atomic E-state index is -0.811. The second-order valence-electron chi connectivity index (χ2n) is 5.55. The van der Waals surface area contributed by atoms with Crippen LogP contribution in [0.5, 0.6) is 0 Å². The van der Waals surface area contributed by atoms with Crippen molar-refractivity contribution in [3.8, 4) is 0 Å². The standard InChI is InChI=1S/C17H17NO2S2/c1-17(2,16(19)20)21-11-18-12-7-3-5-9-14(12)22-15-10-6-4-8-13(15)18/h3-10H,11H2,1-2H3,(H,19,20). The van der Waals surface area contributed by atoms with Crippen LogP contribution >= 0.6 is 23.5 Å². The summed E-state index contributed by atoms with van der Waals surface area (Å²) in [6.07, 6.45) is 0. The van der Waals surface area contributed by atoms with Crippen molar-refractivity contribution in [1.29, 1.82) is 0 Å². The van der Waals surface area contributed by atoms with E-state index in [1.807, 2.05) is 24.3 Å². The number of thioether (sulfide) groups is 1. The molecule has 1 aliphatic heterocycles. The predicted molar refractivity (Wildman–Crippen MR) is 93.3 cm³/mol. The van der Waals surface area contributed by atoms with E-state index in [-0.39, 0.29) is 0 Å². The van der Waals surface area contributed by atoms with Gasteiger partial charge in [0.05, 0.1) is 17.3 Å². The number of nitrogens with zero attached hydrogens (tertiary/aromatic N) is 1. The van der Waals surface area contributed by atoms with Gasteiger partial charge in [0.1, 0.15) is 4.75 Å². The highest BCUT2D eigenvalue weighted by Gasteiger charge is 2.30. The highest BCUT2D eigenvalue weighted by atomic mass is 32.2. The molecule has 5 heteroatoms. The number of hydrogen-bond donors (Lipinski definition) is 1. The largest absolute Gasteiger partial charge is 0.480 e. The van der Waals surface area contributed by atoms with Crippen LogP contribution in [0.1, 0.15) is 13.8 Å². The molecule has 1 heterocycles. The van der Waals surface area contributed by atoms with Gasteiger partial charge < -0.3 is 10.0 Å². The summed E-state index contributed by atoms with van der Waals surface area (Å²) in [7, 11) is 0. The molecule has 3 rings (SSSR count). The van der Waals surface area contributed by atoms with Gasteiger partial charge in [0.2, 0.25) is 0 Å². The summed E-state index contributed by atoms with van der Waals surface area (Å²) in [5.74, 6) is -0.182. The van der Waals surface area contributed by atoms with Gasteiger partial charge in [-0.3, -0.25) is 4.79 Å². The van der Waals surface area contributed by atoms with Crippen LogP contribution in [0, 0.1) is 0 Å². The van der Waals surface area contributed by atoms with Crippen molar-refractivity contribution in [3.63, 3.8) is 0 Å². The Balaban J connectivity index is 1.95. The normalized spacial score (nSPS) is 13.5. The lowest BCUT2D eigenvalue weighted by Gasteiger charge is -2.34. The Morgan fingerprint density at radius 1 is 1.09 bits per heavy atom. The molecular weight excluding hydrogens is 314 g/mol. The zero-order chi connectivity index (χ0) is 15.7. The molecule has 0 radical (unpaired) electrons. The Labute approximate surface area is 138 Å². The fourth-order valence-corrected chi connectivity index (χ4v) is 4.16. The van der Waals surface area contributed by atoms with Crippen LogP contribution in [0.4, 0.5) is 11.4 Å². The van der Waals surface area contributed by atoms with Crippen LogP contribution in [0.25, 0.3) is 0 Å². The molecule has 0 spiro atoms. The van der Waals surface area contributed by atoms with Crippen molar-refractivity contribution in [3.05, 3.63) is 48.5 Å². The quantitative estimate of drug-likeness (QED) is 0.868. The first-order valence-corrected chi connectivity index (χ1v) is 8.80. The second kappa shape index (κ2) is 5.89. The van der Waals surface area contributed by atoms with Gasteiger partial charge in [0, 0.05) is 9.79 Å². The third-order valence-electron chi connectivity index (χ3n) is 3.60. The number of hydrogen-bond acceptors (Lipinski definition) is 4. The van der Waals surface area contributed by atoms with Crippen molar-refractivity contribution in [2.24, 2.45) is 0 Å². The predicted octanol–water partition coefficient (Wildman–Crippen LogP) is 4.84. The lowest BCUT2D eigenvalue weighted by Crippen LogP contribution is -2.31. The zero-order valence-corrected chi connectivity index (χ0v) is 14.1. The summed E-state index contributed by atoms with van der Waals surface area (Å²) >= 11 is 3.20. The molecule has 0 bridgehead atoms. The molecule has 0 aromatic heterocycles. The third kappa shape index (κ3) is 2.83. The van der Waals surface area contributed by atoms with Crippen LogP contribution in [-0.4, -0.2) is 21.7 Å². The Morgan fingerprint density at radius 2 is 1.59 bits per heavy atom. The van der Waals surface area contributed by atoms with Gasteiger partial charge in [0.15, 0.2) is 0 Å². The van der Waals surface area contributed by atoms with E-state index in [9.17, 15) is 9.90 Å². The fourth-order valence-electron chi connectivity index (χ4n) is 2.21. The second-order valence-corrected chi connectivity index (χ2v) is 8.21. The molecule has 0 saturated heterocycles. The molecule has 2 aromatic rings. The summed E-state index contributed by atoms with van der Waals surface area (Å²) in [5, 5.41) is 9.32. The van der Waals surface area contributed by atoms with Crippen molar-refractivity contribution in [2.75, 3.05) is 10.8 Å². The first-order chi connectivity index (χ1) is 10.5. The van der Waals surface area contributed by atoms with E-state index in [0.717, 1.165) is 11.4 Å². The maximum Gasteiger partial charge on any atom is 0.319 e. The highest BCUT2D eigenvalue weighted by molar-refractivity contribution is 8.01. The number of anilines is 2. The van der Waals surface area contributed by atoms with Crippen molar-refractivity contribution in [2.45, 2.75) is 28.4 Å². The topological polar surface area (TPSA) is 40.5 Å². The third-order valence-corrected chi connectivity index (χ3v) is 6.02. The van der Waals surface area contributed by atoms with Crippen LogP contribution in [-0.2, 0) is 4.79 Å². The maximum absolute atomic E-state index is 11.3. The first-order valence-electron chi connectivity index (χ1n) is 7.00. The number of carboxylic acids is 1. The number of carbonyl (C=O) groups is 1. The molecule has 1 N–H and O–H groups in total. The fraction of sp³-hybridized carbons (Fsp3) is 0.235. The van der Waals surface area contributed by atoms with E-state index in [1.54, 1.807) is 25.6 Å². The van der Waals surface area contributed by atoms with Crippen molar-refractivity contribution in [1.82, 2.24) is 0 Å². The zero-order valence-electron chi connectivity index (χ0n) is 12.4. The van der Waals surface area contributed by atoms with E-state index in [2.05, 4.69) is 29.2 Å². The molecule has 3 nitrogen and oxygen atoms in total. The SMILES string of the molecule is CC(C)(SCN1c2ccccc2Sc2ccccc21)C(=O)O. The number of para-hydroxylation sites is 2. The van der Waals surface area contributed by atoms with Gasteiger partial charge in [-0.05, 0) is 38.1 Å². The number of rotatable bonds is 4. The Kier molecular flexibility index (Phi) is 4.10. The Hall–Kier alpha value is -1.59. The van der Waals surface area contributed by atoms with Crippen molar-refractivity contribution >= 4 is 40.9 Å². The molecule has 0 unspecified atom stereocenters. The minimum Gasteiger partial charge on any atom is -0.480 e. The molecule has 1 aliphatic rings. The van der Waals surface area contributed by atoms with E-state index in [4.69, 9.17) is 0 Å². The van der Waals surface area contributed by atoms with Gasteiger partial charge in [0.25, 0.3) is 0 Å². The molecule has 0 amide bonds. The molecule has 0 atom stereocenters. The van der Waals surface area contributed by atoms with Crippen LogP contribution in [0.3, 0.4) is 0 Å². The van der Waals surface area contributed by atoms with E-state index in [1.165, 1.54) is 21.6 Å². The highest BCUT2D eigenvalue weighted by Crippen LogP contribution is 2.48. The van der Waals surface area contributed by atoms with Crippen molar-refractivity contribution < 1.29 is 9.90 Å². The average Bonchev–Trinajstić information content (AvgIpc) is 2.51. The maximum atomic E-state index is 11.3. The summed E-state index contributed by atoms with van der Waals surface area (Å²) < 4.78 is -0.811. The van der Waals surface area contributed by atoms with Gasteiger partial charge >= 0.3 is 5.97 Å². The molecule has 0 aliphatic carbocycles. The van der Waals surface area contributed by atoms with E-state index >= 15 is 0 Å². The van der Waals surface area contributed by atoms with Gasteiger partial charge in [-0.25, -0.2) is 0 Å². The number of fused-ring (bicyclic) bond motifs is 2. The van der Waals surface area contributed by atoms with Gasteiger partial charge in [-0.1, -0.05) is 36.0 Å². The van der Waals surface area contributed by atoms with Crippen LogP contribution in [0.15, 0.2) is 58.3 Å². The van der Waals surface area contributed by atoms with Crippen LogP contribution < -0.4 is 4.90 Å². The summed E-state index contributed by atoms with van der Waals surface area (Å²) in [6.45, 7) is 3.49. The van der Waals surface area contributed by atoms with Gasteiger partial charge in [-0.15, -0.1) is 11.8 Å². The minimum absolute atomic E-state index is 0.605. The molecule has 114 valence electrons. The lowest BCUT2D eigenvalue weighted by atomic mass is 10.2. The number of carboxylic acid groups (broad SMARTS) is 1. The van der Waals surface area contributed by atoms with E-state index in [0.29, 0.717) is 5.88 Å². The Bertz CT molecular complexity index is 670. The molecule has 0 saturated carbocycles. The molecule has 22 heavy (non-hydrogen) atoms. The Morgan fingerprint density at radius 3 is 2.09 bits per heavy atom. The smallest absolute Gasteiger partial charge is 0.319 e. The monoisotopic (exact) mass is 331 g/mol. The summed E-state index contributed by atoms with van der Waals surface area (Å²) in [4.78, 5) is 16.0. The summed E-state index contributed by atoms with van der Waals surface area (Å²) in [5.41, 5.74) is 2.28. The van der Waals surface area contributed by atoms with E-state index < -0.39 is 10.7 Å². The number of benzene rings is 2. The van der Waals surface area contributed by atoms with Crippen LogP contribution in [0.2, 0.25) is 0 Å². The summed E-state index contributed by atoms with van der Waals surface area (Å²) in [6, 6.07) is 16.5. The average molecular weight is 331 g/mol. The molecule has 2 aromatic carbocycles. The lowest BCUT2D eigenvalue weighted by molar-refractivity contribution is -0.138. The first kappa shape index (κ1) is 15.3. The number of aliphatic carboxylic acids is 1. The molecule has 0 fully saturated rings. The molecular formula is C17H17NO2S2. The van der Waals surface area contributed by atoms with Gasteiger partial charge in [-0.2, -0.15) is 0 Å².